The van der Waals surface area contributed by atoms with Gasteiger partial charge >= 0.3 is 0 Å². The van der Waals surface area contributed by atoms with Crippen LogP contribution in [0.2, 0.25) is 0 Å². The average molecular weight is 1180 g/mol. The molecule has 84 heavy (non-hydrogen) atoms. The Balaban J connectivity index is 2.14. The number of carbonyl (C=O) groups is 1. The molecule has 9 nitrogen and oxygen atoms in total. The maximum absolute atomic E-state index is 13.1. The van der Waals surface area contributed by atoms with Gasteiger partial charge in [0.15, 0.2) is 6.29 Å². The largest absolute Gasteiger partial charge is 0.394 e. The molecule has 494 valence electrons. The van der Waals surface area contributed by atoms with Crippen LogP contribution in [0, 0.1) is 0 Å². The van der Waals surface area contributed by atoms with Crippen LogP contribution in [0.25, 0.3) is 0 Å². The predicted octanol–water partition coefficient (Wildman–Crippen LogP) is 20.4. The summed E-state index contributed by atoms with van der Waals surface area (Å²) in [5.74, 6) is -0.184. The third-order valence-corrected chi connectivity index (χ3v) is 17.6. The second-order valence-corrected chi connectivity index (χ2v) is 25.7. The number of amides is 1. The van der Waals surface area contributed by atoms with Gasteiger partial charge in [0.2, 0.25) is 5.91 Å². The van der Waals surface area contributed by atoms with E-state index in [1.54, 1.807) is 6.08 Å². The van der Waals surface area contributed by atoms with Gasteiger partial charge in [0, 0.05) is 6.42 Å². The fourth-order valence-electron chi connectivity index (χ4n) is 11.8. The van der Waals surface area contributed by atoms with Crippen molar-refractivity contribution < 1.29 is 39.8 Å². The van der Waals surface area contributed by atoms with Crippen LogP contribution in [0.1, 0.15) is 367 Å². The number of hydrogen-bond donors (Lipinski definition) is 6. The second-order valence-electron chi connectivity index (χ2n) is 25.7. The van der Waals surface area contributed by atoms with Crippen LogP contribution in [-0.4, -0.2) is 87.5 Å². The van der Waals surface area contributed by atoms with Gasteiger partial charge in [0.1, 0.15) is 24.4 Å². The number of aliphatic hydroxyl groups is 5. The highest BCUT2D eigenvalue weighted by molar-refractivity contribution is 5.76. The first kappa shape index (κ1) is 80.2. The molecular weight excluding hydrogens is 1040 g/mol. The number of hydrogen-bond acceptors (Lipinski definition) is 8. The minimum absolute atomic E-state index is 0.184. The van der Waals surface area contributed by atoms with Crippen molar-refractivity contribution in [1.82, 2.24) is 5.32 Å². The Morgan fingerprint density at radius 2 is 0.679 bits per heavy atom. The van der Waals surface area contributed by atoms with E-state index >= 15 is 0 Å². The first-order valence-corrected chi connectivity index (χ1v) is 36.9. The molecule has 1 aliphatic rings. The third-order valence-electron chi connectivity index (χ3n) is 17.6. The lowest BCUT2D eigenvalue weighted by Crippen LogP contribution is -2.60. The first-order chi connectivity index (χ1) is 41.3. The fraction of sp³-hybridized carbons (Fsp3) is 0.880. The van der Waals surface area contributed by atoms with Crippen molar-refractivity contribution in [3.8, 4) is 0 Å². The van der Waals surface area contributed by atoms with Crippen molar-refractivity contribution in [3.05, 3.63) is 48.6 Å². The van der Waals surface area contributed by atoms with Crippen LogP contribution in [0.3, 0.4) is 0 Å². The zero-order valence-electron chi connectivity index (χ0n) is 55.4. The smallest absolute Gasteiger partial charge is 0.220 e. The predicted molar refractivity (Wildman–Crippen MR) is 359 cm³/mol. The van der Waals surface area contributed by atoms with Crippen LogP contribution in [0.5, 0.6) is 0 Å². The summed E-state index contributed by atoms with van der Waals surface area (Å²) < 4.78 is 11.3. The first-order valence-electron chi connectivity index (χ1n) is 36.9. The molecule has 1 aliphatic heterocycles. The molecule has 7 atom stereocenters. The Kier molecular flexibility index (Phi) is 61.2. The summed E-state index contributed by atoms with van der Waals surface area (Å²) >= 11 is 0. The Labute approximate surface area is 520 Å². The molecule has 0 saturated carbocycles. The van der Waals surface area contributed by atoms with Crippen LogP contribution >= 0.6 is 0 Å². The number of rotatable bonds is 65. The van der Waals surface area contributed by atoms with Crippen molar-refractivity contribution in [1.29, 1.82) is 0 Å². The van der Waals surface area contributed by atoms with Gasteiger partial charge in [-0.1, -0.05) is 339 Å². The number of aliphatic hydroxyl groups excluding tert-OH is 5. The summed E-state index contributed by atoms with van der Waals surface area (Å²) in [4.78, 5) is 13.1. The lowest BCUT2D eigenvalue weighted by Gasteiger charge is -2.40. The lowest BCUT2D eigenvalue weighted by molar-refractivity contribution is -0.302. The van der Waals surface area contributed by atoms with Crippen molar-refractivity contribution in [2.75, 3.05) is 13.2 Å². The number of unbranched alkanes of at least 4 members (excludes halogenated alkanes) is 49. The minimum Gasteiger partial charge on any atom is -0.394 e. The Morgan fingerprint density at radius 1 is 0.393 bits per heavy atom. The molecule has 1 fully saturated rings. The maximum atomic E-state index is 13.1. The topological polar surface area (TPSA) is 149 Å². The van der Waals surface area contributed by atoms with Gasteiger partial charge in [-0.15, -0.1) is 0 Å². The van der Waals surface area contributed by atoms with Crippen LogP contribution in [-0.2, 0) is 14.3 Å². The third kappa shape index (κ3) is 52.1. The normalized spacial score (nSPS) is 18.4. The number of carbonyl (C=O) groups excluding carboxylic acids is 1. The van der Waals surface area contributed by atoms with E-state index in [1.165, 1.54) is 302 Å². The monoisotopic (exact) mass is 1180 g/mol. The van der Waals surface area contributed by atoms with Gasteiger partial charge in [-0.2, -0.15) is 0 Å². The zero-order chi connectivity index (χ0) is 60.7. The Hall–Kier alpha value is -1.85. The molecule has 6 N–H and O–H groups in total. The quantitative estimate of drug-likeness (QED) is 0.0261. The Morgan fingerprint density at radius 3 is 1.00 bits per heavy atom. The van der Waals surface area contributed by atoms with Gasteiger partial charge in [-0.25, -0.2) is 0 Å². The maximum Gasteiger partial charge on any atom is 0.220 e. The molecule has 1 saturated heterocycles. The van der Waals surface area contributed by atoms with Gasteiger partial charge < -0.3 is 40.3 Å². The molecule has 0 spiro atoms. The molecule has 0 aliphatic carbocycles. The number of allylic oxidation sites excluding steroid dienone is 7. The second kappa shape index (κ2) is 64.1. The lowest BCUT2D eigenvalue weighted by atomic mass is 9.99. The molecule has 1 rings (SSSR count). The summed E-state index contributed by atoms with van der Waals surface area (Å²) in [7, 11) is 0. The SMILES string of the molecule is CCCCCCCCCC/C=C\CCCCCCCCCCCCCCCCCCCCCC(=O)NC(COC1OC(CO)C(O)C(O)C1O)C(O)/C=C/CC/C=C/CC/C=C/CCCCCCCCCCCCCCCCCCCCCC. The van der Waals surface area contributed by atoms with E-state index in [9.17, 15) is 30.3 Å². The molecule has 0 aromatic rings. The molecule has 9 heteroatoms. The molecule has 1 heterocycles. The van der Waals surface area contributed by atoms with E-state index in [4.69, 9.17) is 9.47 Å². The van der Waals surface area contributed by atoms with E-state index in [0.29, 0.717) is 6.42 Å². The number of nitrogens with one attached hydrogen (secondary N) is 1. The van der Waals surface area contributed by atoms with Crippen LogP contribution < -0.4 is 5.32 Å². The van der Waals surface area contributed by atoms with Crippen molar-refractivity contribution in [3.63, 3.8) is 0 Å². The van der Waals surface area contributed by atoms with Gasteiger partial charge in [0.05, 0.1) is 25.4 Å². The van der Waals surface area contributed by atoms with E-state index in [-0.39, 0.29) is 12.5 Å². The average Bonchev–Trinajstić information content (AvgIpc) is 3.70. The highest BCUT2D eigenvalue weighted by atomic mass is 16.7. The number of ether oxygens (including phenoxy) is 2. The fourth-order valence-corrected chi connectivity index (χ4v) is 11.8. The molecule has 7 unspecified atom stereocenters. The van der Waals surface area contributed by atoms with E-state index < -0.39 is 49.5 Å². The van der Waals surface area contributed by atoms with Crippen molar-refractivity contribution >= 4 is 5.91 Å². The van der Waals surface area contributed by atoms with Crippen LogP contribution in [0.4, 0.5) is 0 Å². The Bertz CT molecular complexity index is 1470. The highest BCUT2D eigenvalue weighted by Crippen LogP contribution is 2.23. The van der Waals surface area contributed by atoms with E-state index in [0.717, 1.165) is 44.9 Å². The molecule has 0 aromatic carbocycles. The summed E-state index contributed by atoms with van der Waals surface area (Å²) in [5, 5.41) is 54.8. The van der Waals surface area contributed by atoms with Gasteiger partial charge in [-0.3, -0.25) is 4.79 Å². The van der Waals surface area contributed by atoms with E-state index in [2.05, 4.69) is 55.6 Å². The minimum atomic E-state index is -1.58. The van der Waals surface area contributed by atoms with Gasteiger partial charge in [-0.05, 0) is 70.6 Å². The molecule has 0 aromatic heterocycles. The highest BCUT2D eigenvalue weighted by Gasteiger charge is 2.44. The van der Waals surface area contributed by atoms with Crippen molar-refractivity contribution in [2.45, 2.75) is 410 Å². The molecular formula is C75H141NO8. The van der Waals surface area contributed by atoms with E-state index in [1.807, 2.05) is 6.08 Å². The summed E-state index contributed by atoms with van der Waals surface area (Å²) in [5.41, 5.74) is 0. The van der Waals surface area contributed by atoms with Crippen LogP contribution in [0.15, 0.2) is 48.6 Å². The van der Waals surface area contributed by atoms with Gasteiger partial charge in [0.25, 0.3) is 0 Å². The summed E-state index contributed by atoms with van der Waals surface area (Å²) in [6.07, 6.45) is 81.0. The molecule has 0 radical (unpaired) electrons. The van der Waals surface area contributed by atoms with Crippen molar-refractivity contribution in [2.24, 2.45) is 0 Å². The molecule has 0 bridgehead atoms. The molecule has 1 amide bonds. The summed E-state index contributed by atoms with van der Waals surface area (Å²) in [6.45, 7) is 3.81. The summed E-state index contributed by atoms with van der Waals surface area (Å²) in [6, 6.07) is -0.830. The zero-order valence-corrected chi connectivity index (χ0v) is 55.4. The standard InChI is InChI=1S/C75H141NO8/c1-3-5-7-9-11-13-15-17-19-21-23-25-27-29-31-33-35-37-39-41-43-45-47-49-51-53-55-57-59-61-63-65-71(79)76-68(67-83-75-74(82)73(81)72(80)70(66-77)84-75)69(78)64-62-60-58-56-54-52-50-48-46-44-42-40-38-36-34-32-30-28-26-24-22-20-18-16-14-12-10-8-6-4-2/h21,23,46,48,54,56,62,64,68-70,72-75,77-78,80-82H,3-20,22,24-45,47,49-53,55,57-61,63,65-67H2,1-2H3,(H,76,79)/b23-21-,48-46+,56-54+,64-62+.